The van der Waals surface area contributed by atoms with Gasteiger partial charge in [-0.3, -0.25) is 4.79 Å². The van der Waals surface area contributed by atoms with Gasteiger partial charge in [-0.2, -0.15) is 0 Å². The number of hydrogen-bond donors (Lipinski definition) is 3. The minimum Gasteiger partial charge on any atom is -0.394 e. The van der Waals surface area contributed by atoms with Crippen LogP contribution < -0.4 is 5.32 Å². The molecule has 2 aromatic rings. The zero-order valence-corrected chi connectivity index (χ0v) is 12.3. The lowest BCUT2D eigenvalue weighted by Crippen LogP contribution is -2.40. The van der Waals surface area contributed by atoms with Gasteiger partial charge < -0.3 is 20.1 Å². The van der Waals surface area contributed by atoms with Gasteiger partial charge >= 0.3 is 0 Å². The van der Waals surface area contributed by atoms with Crippen molar-refractivity contribution in [2.24, 2.45) is 0 Å². The zero-order valence-electron chi connectivity index (χ0n) is 11.5. The summed E-state index contributed by atoms with van der Waals surface area (Å²) in [6.07, 6.45) is 3.48. The van der Waals surface area contributed by atoms with Crippen LogP contribution in [-0.4, -0.2) is 42.4 Å². The van der Waals surface area contributed by atoms with Gasteiger partial charge in [0, 0.05) is 34.8 Å². The lowest BCUT2D eigenvalue weighted by atomic mass is 10.1. The van der Waals surface area contributed by atoms with Crippen molar-refractivity contribution in [1.29, 1.82) is 0 Å². The Hall–Kier alpha value is -1.63. The van der Waals surface area contributed by atoms with Crippen molar-refractivity contribution in [2.75, 3.05) is 20.3 Å². The Kier molecular flexibility index (Phi) is 4.94. The third-order valence-electron chi connectivity index (χ3n) is 2.92. The van der Waals surface area contributed by atoms with Crippen molar-refractivity contribution in [3.8, 4) is 10.4 Å². The Morgan fingerprint density at radius 3 is 2.90 bits per heavy atom. The molecule has 5 nitrogen and oxygen atoms in total. The average molecular weight is 294 g/mol. The zero-order chi connectivity index (χ0) is 14.5. The molecule has 0 fully saturated rings. The maximum atomic E-state index is 12.3. The molecule has 0 bridgehead atoms. The van der Waals surface area contributed by atoms with Gasteiger partial charge in [-0.1, -0.05) is 0 Å². The molecule has 3 N–H and O–H groups in total. The van der Waals surface area contributed by atoms with Crippen molar-refractivity contribution in [1.82, 2.24) is 10.3 Å². The van der Waals surface area contributed by atoms with Crippen LogP contribution in [-0.2, 0) is 4.74 Å². The van der Waals surface area contributed by atoms with Crippen LogP contribution in [0.2, 0.25) is 0 Å². The minimum absolute atomic E-state index is 0.155. The summed E-state index contributed by atoms with van der Waals surface area (Å²) in [4.78, 5) is 17.5. The van der Waals surface area contributed by atoms with E-state index in [0.717, 1.165) is 10.4 Å². The smallest absolute Gasteiger partial charge is 0.253 e. The molecule has 1 atom stereocenters. The fourth-order valence-corrected chi connectivity index (χ4v) is 2.84. The maximum absolute atomic E-state index is 12.3. The number of hydrogen-bond acceptors (Lipinski definition) is 4. The summed E-state index contributed by atoms with van der Waals surface area (Å²) in [5.41, 5.74) is 1.44. The largest absolute Gasteiger partial charge is 0.394 e. The summed E-state index contributed by atoms with van der Waals surface area (Å²) >= 11 is 1.64. The summed E-state index contributed by atoms with van der Waals surface area (Å²) in [7, 11) is 1.53. The standard InChI is InChI=1S/C14H18N2O3S/c1-9-3-4-13(20-9)11-5-15-6-12(11)14(18)16-10(7-17)8-19-2/h3-6,10,15,17H,7-8H2,1-2H3,(H,16,18). The number of aromatic nitrogens is 1. The van der Waals surface area contributed by atoms with Crippen LogP contribution in [0.25, 0.3) is 10.4 Å². The first kappa shape index (κ1) is 14.8. The molecule has 1 unspecified atom stereocenters. The van der Waals surface area contributed by atoms with Crippen molar-refractivity contribution in [2.45, 2.75) is 13.0 Å². The van der Waals surface area contributed by atoms with Crippen LogP contribution in [0.15, 0.2) is 24.5 Å². The van der Waals surface area contributed by atoms with E-state index < -0.39 is 6.04 Å². The molecule has 1 amide bonds. The number of amides is 1. The molecule has 2 rings (SSSR count). The second kappa shape index (κ2) is 6.69. The van der Waals surface area contributed by atoms with E-state index >= 15 is 0 Å². The van der Waals surface area contributed by atoms with E-state index in [-0.39, 0.29) is 19.1 Å². The number of ether oxygens (including phenoxy) is 1. The molecular weight excluding hydrogens is 276 g/mol. The Morgan fingerprint density at radius 2 is 2.30 bits per heavy atom. The topological polar surface area (TPSA) is 74.3 Å². The second-order valence-electron chi connectivity index (χ2n) is 4.50. The number of aromatic amines is 1. The number of rotatable bonds is 6. The monoisotopic (exact) mass is 294 g/mol. The van der Waals surface area contributed by atoms with Crippen molar-refractivity contribution in [3.05, 3.63) is 35.0 Å². The lowest BCUT2D eigenvalue weighted by Gasteiger charge is -2.15. The number of aliphatic hydroxyl groups excluding tert-OH is 1. The Bertz CT molecular complexity index is 576. The highest BCUT2D eigenvalue weighted by Gasteiger charge is 2.18. The Labute approximate surface area is 121 Å². The van der Waals surface area contributed by atoms with Crippen LogP contribution in [0.1, 0.15) is 15.2 Å². The van der Waals surface area contributed by atoms with Crippen molar-refractivity contribution >= 4 is 17.2 Å². The molecule has 0 spiro atoms. The number of nitrogens with one attached hydrogen (secondary N) is 2. The van der Waals surface area contributed by atoms with Gasteiger partial charge in [-0.25, -0.2) is 0 Å². The fraction of sp³-hybridized carbons (Fsp3) is 0.357. The van der Waals surface area contributed by atoms with Gasteiger partial charge in [0.2, 0.25) is 0 Å². The molecule has 2 aromatic heterocycles. The predicted octanol–water partition coefficient (Wildman–Crippen LogP) is 1.79. The summed E-state index contributed by atoms with van der Waals surface area (Å²) in [5, 5.41) is 12.0. The number of carbonyl (C=O) groups is 1. The number of methoxy groups -OCH3 is 1. The average Bonchev–Trinajstić information content (AvgIpc) is 3.06. The highest BCUT2D eigenvalue weighted by atomic mass is 32.1. The lowest BCUT2D eigenvalue weighted by molar-refractivity contribution is 0.0840. The second-order valence-corrected chi connectivity index (χ2v) is 5.79. The number of aryl methyl sites for hydroxylation is 1. The fourth-order valence-electron chi connectivity index (χ4n) is 1.94. The number of thiophene rings is 1. The van der Waals surface area contributed by atoms with Gasteiger partial charge in [-0.15, -0.1) is 11.3 Å². The molecule has 0 saturated heterocycles. The van der Waals surface area contributed by atoms with E-state index in [2.05, 4.69) is 10.3 Å². The number of carbonyl (C=O) groups excluding carboxylic acids is 1. The molecule has 0 radical (unpaired) electrons. The molecule has 6 heteroatoms. The quantitative estimate of drug-likeness (QED) is 0.760. The van der Waals surface area contributed by atoms with Gasteiger partial charge in [0.15, 0.2) is 0 Å². The van der Waals surface area contributed by atoms with Gasteiger partial charge in [-0.05, 0) is 19.1 Å². The van der Waals surface area contributed by atoms with Crippen LogP contribution in [0.4, 0.5) is 0 Å². The molecule has 2 heterocycles. The van der Waals surface area contributed by atoms with E-state index in [0.29, 0.717) is 5.56 Å². The highest BCUT2D eigenvalue weighted by Crippen LogP contribution is 2.30. The summed E-state index contributed by atoms with van der Waals surface area (Å²) < 4.78 is 4.95. The maximum Gasteiger partial charge on any atom is 0.253 e. The summed E-state index contributed by atoms with van der Waals surface area (Å²) in [6, 6.07) is 3.62. The first-order valence-corrected chi connectivity index (χ1v) is 7.11. The molecule has 0 aromatic carbocycles. The number of aliphatic hydroxyl groups is 1. The van der Waals surface area contributed by atoms with Gasteiger partial charge in [0.05, 0.1) is 24.8 Å². The Morgan fingerprint density at radius 1 is 1.50 bits per heavy atom. The van der Waals surface area contributed by atoms with Crippen molar-refractivity contribution in [3.63, 3.8) is 0 Å². The highest BCUT2D eigenvalue weighted by molar-refractivity contribution is 7.15. The molecular formula is C14H18N2O3S. The van der Waals surface area contributed by atoms with Gasteiger partial charge in [0.25, 0.3) is 5.91 Å². The number of H-pyrrole nitrogens is 1. The van der Waals surface area contributed by atoms with Crippen LogP contribution in [0.5, 0.6) is 0 Å². The van der Waals surface area contributed by atoms with E-state index in [1.807, 2.05) is 25.3 Å². The van der Waals surface area contributed by atoms with E-state index in [1.165, 1.54) is 12.0 Å². The predicted molar refractivity (Wildman–Crippen MR) is 79.1 cm³/mol. The SMILES string of the molecule is COCC(CO)NC(=O)c1c[nH]cc1-c1ccc(C)s1. The summed E-state index contributed by atoms with van der Waals surface area (Å²) in [5.74, 6) is -0.219. The summed E-state index contributed by atoms with van der Waals surface area (Å²) in [6.45, 7) is 2.15. The van der Waals surface area contributed by atoms with E-state index in [1.54, 1.807) is 17.5 Å². The van der Waals surface area contributed by atoms with Crippen LogP contribution in [0, 0.1) is 6.92 Å². The van der Waals surface area contributed by atoms with Gasteiger partial charge in [0.1, 0.15) is 0 Å². The molecule has 0 aliphatic rings. The van der Waals surface area contributed by atoms with Crippen molar-refractivity contribution < 1.29 is 14.6 Å². The molecule has 20 heavy (non-hydrogen) atoms. The first-order valence-electron chi connectivity index (χ1n) is 6.30. The van der Waals surface area contributed by atoms with Crippen LogP contribution >= 0.6 is 11.3 Å². The molecule has 0 aliphatic heterocycles. The first-order chi connectivity index (χ1) is 9.65. The third-order valence-corrected chi connectivity index (χ3v) is 3.95. The van der Waals surface area contributed by atoms with E-state index in [4.69, 9.17) is 4.74 Å². The normalized spacial score (nSPS) is 12.3. The molecule has 0 saturated carbocycles. The molecule has 0 aliphatic carbocycles. The Balaban J connectivity index is 2.17. The molecule has 108 valence electrons. The third kappa shape index (κ3) is 3.27. The van der Waals surface area contributed by atoms with Crippen LogP contribution in [0.3, 0.4) is 0 Å². The minimum atomic E-state index is -0.402. The van der Waals surface area contributed by atoms with E-state index in [9.17, 15) is 9.90 Å².